The smallest absolute Gasteiger partial charge is 0.335 e. The summed E-state index contributed by atoms with van der Waals surface area (Å²) in [6.45, 7) is 3.55. The molecule has 1 atom stereocenters. The summed E-state index contributed by atoms with van der Waals surface area (Å²) < 4.78 is 5.87. The van der Waals surface area contributed by atoms with Crippen LogP contribution in [0.1, 0.15) is 22.6 Å². The first-order chi connectivity index (χ1) is 10.6. The van der Waals surface area contributed by atoms with Crippen LogP contribution in [-0.4, -0.2) is 40.2 Å². The summed E-state index contributed by atoms with van der Waals surface area (Å²) >= 11 is 0. The van der Waals surface area contributed by atoms with Crippen LogP contribution in [0.15, 0.2) is 30.3 Å². The third-order valence-electron chi connectivity index (χ3n) is 3.52. The average Bonchev–Trinajstić information content (AvgIpc) is 2.99. The molecule has 6 nitrogen and oxygen atoms in total. The second-order valence-corrected chi connectivity index (χ2v) is 5.26. The van der Waals surface area contributed by atoms with Crippen molar-refractivity contribution in [2.24, 2.45) is 0 Å². The molecule has 2 aromatic rings. The van der Waals surface area contributed by atoms with Crippen molar-refractivity contribution in [2.75, 3.05) is 13.1 Å². The number of nitrogens with zero attached hydrogens (tertiary/aromatic N) is 2. The maximum Gasteiger partial charge on any atom is 0.335 e. The Labute approximate surface area is 128 Å². The molecular formula is C16H17N3O3. The van der Waals surface area contributed by atoms with Gasteiger partial charge in [0, 0.05) is 18.2 Å². The van der Waals surface area contributed by atoms with Gasteiger partial charge in [-0.1, -0.05) is 12.1 Å². The van der Waals surface area contributed by atoms with Crippen LogP contribution in [0.25, 0.3) is 11.3 Å². The van der Waals surface area contributed by atoms with Gasteiger partial charge in [0.2, 0.25) is 5.88 Å². The second-order valence-electron chi connectivity index (χ2n) is 5.26. The van der Waals surface area contributed by atoms with Crippen LogP contribution in [0.3, 0.4) is 0 Å². The third-order valence-corrected chi connectivity index (χ3v) is 3.52. The number of nitrogens with one attached hydrogen (secondary N) is 1. The monoisotopic (exact) mass is 299 g/mol. The SMILES string of the molecule is Cc1nc(OC2CCNC2)cc(-c2cccc(C(=O)O)c2)n1. The van der Waals surface area contributed by atoms with Gasteiger partial charge in [-0.25, -0.2) is 9.78 Å². The highest BCUT2D eigenvalue weighted by Gasteiger charge is 2.17. The summed E-state index contributed by atoms with van der Waals surface area (Å²) in [5, 5.41) is 12.3. The van der Waals surface area contributed by atoms with E-state index in [2.05, 4.69) is 15.3 Å². The number of aryl methyl sites for hydroxylation is 1. The predicted octanol–water partition coefficient (Wildman–Crippen LogP) is 1.89. The highest BCUT2D eigenvalue weighted by Crippen LogP contribution is 2.23. The maximum atomic E-state index is 11.1. The number of hydrogen-bond acceptors (Lipinski definition) is 5. The topological polar surface area (TPSA) is 84.3 Å². The van der Waals surface area contributed by atoms with E-state index in [9.17, 15) is 4.79 Å². The van der Waals surface area contributed by atoms with Crippen LogP contribution in [0, 0.1) is 6.92 Å². The highest BCUT2D eigenvalue weighted by molar-refractivity contribution is 5.89. The lowest BCUT2D eigenvalue weighted by Crippen LogP contribution is -2.20. The highest BCUT2D eigenvalue weighted by atomic mass is 16.5. The summed E-state index contributed by atoms with van der Waals surface area (Å²) in [6, 6.07) is 8.45. The number of rotatable bonds is 4. The molecule has 1 fully saturated rings. The Morgan fingerprint density at radius 3 is 2.95 bits per heavy atom. The number of carboxylic acid groups (broad SMARTS) is 1. The largest absolute Gasteiger partial charge is 0.478 e. The quantitative estimate of drug-likeness (QED) is 0.897. The van der Waals surface area contributed by atoms with E-state index in [-0.39, 0.29) is 11.7 Å². The summed E-state index contributed by atoms with van der Waals surface area (Å²) in [7, 11) is 0. The van der Waals surface area contributed by atoms with Crippen molar-refractivity contribution in [1.82, 2.24) is 15.3 Å². The van der Waals surface area contributed by atoms with E-state index >= 15 is 0 Å². The Hall–Kier alpha value is -2.47. The Kier molecular flexibility index (Phi) is 4.02. The molecule has 1 saturated heterocycles. The average molecular weight is 299 g/mol. The molecule has 0 saturated carbocycles. The van der Waals surface area contributed by atoms with Crippen LogP contribution in [0.5, 0.6) is 5.88 Å². The first-order valence-electron chi connectivity index (χ1n) is 7.18. The van der Waals surface area contributed by atoms with Crippen LogP contribution >= 0.6 is 0 Å². The van der Waals surface area contributed by atoms with Crippen LogP contribution in [0.4, 0.5) is 0 Å². The number of ether oxygens (including phenoxy) is 1. The lowest BCUT2D eigenvalue weighted by atomic mass is 10.1. The van der Waals surface area contributed by atoms with Gasteiger partial charge in [-0.15, -0.1) is 0 Å². The van der Waals surface area contributed by atoms with Crippen molar-refractivity contribution in [3.63, 3.8) is 0 Å². The van der Waals surface area contributed by atoms with Crippen molar-refractivity contribution >= 4 is 5.97 Å². The lowest BCUT2D eigenvalue weighted by molar-refractivity contribution is 0.0697. The minimum Gasteiger partial charge on any atom is -0.478 e. The molecule has 0 aliphatic carbocycles. The molecule has 0 amide bonds. The maximum absolute atomic E-state index is 11.1. The van der Waals surface area contributed by atoms with Crippen molar-refractivity contribution in [2.45, 2.75) is 19.4 Å². The normalized spacial score (nSPS) is 17.4. The molecule has 1 aliphatic rings. The van der Waals surface area contributed by atoms with Gasteiger partial charge in [-0.05, 0) is 32.0 Å². The van der Waals surface area contributed by atoms with Crippen LogP contribution < -0.4 is 10.1 Å². The van der Waals surface area contributed by atoms with Gasteiger partial charge < -0.3 is 15.2 Å². The third kappa shape index (κ3) is 3.23. The van der Waals surface area contributed by atoms with Gasteiger partial charge >= 0.3 is 5.97 Å². The number of benzene rings is 1. The van der Waals surface area contributed by atoms with Crippen LogP contribution in [0.2, 0.25) is 0 Å². The molecule has 2 heterocycles. The molecule has 0 bridgehead atoms. The fraction of sp³-hybridized carbons (Fsp3) is 0.312. The Balaban J connectivity index is 1.91. The molecule has 114 valence electrons. The van der Waals surface area contributed by atoms with Crippen molar-refractivity contribution in [3.8, 4) is 17.1 Å². The molecule has 1 aliphatic heterocycles. The lowest BCUT2D eigenvalue weighted by Gasteiger charge is -2.13. The number of aromatic carboxylic acids is 1. The van der Waals surface area contributed by atoms with E-state index in [0.29, 0.717) is 17.4 Å². The zero-order valence-corrected chi connectivity index (χ0v) is 12.2. The molecular weight excluding hydrogens is 282 g/mol. The molecule has 0 radical (unpaired) electrons. The summed E-state index contributed by atoms with van der Waals surface area (Å²) in [6.07, 6.45) is 1.07. The standard InChI is InChI=1S/C16H17N3O3/c1-10-18-14(11-3-2-4-12(7-11)16(20)21)8-15(19-10)22-13-5-6-17-9-13/h2-4,7-8,13,17H,5-6,9H2,1H3,(H,20,21). The molecule has 3 rings (SSSR count). The fourth-order valence-corrected chi connectivity index (χ4v) is 2.46. The number of carbonyl (C=O) groups is 1. The molecule has 0 spiro atoms. The van der Waals surface area contributed by atoms with Gasteiger partial charge in [0.15, 0.2) is 0 Å². The Bertz CT molecular complexity index is 697. The van der Waals surface area contributed by atoms with Gasteiger partial charge in [0.1, 0.15) is 11.9 Å². The summed E-state index contributed by atoms with van der Waals surface area (Å²) in [4.78, 5) is 19.8. The van der Waals surface area contributed by atoms with E-state index < -0.39 is 5.97 Å². The zero-order valence-electron chi connectivity index (χ0n) is 12.2. The molecule has 1 aromatic heterocycles. The summed E-state index contributed by atoms with van der Waals surface area (Å²) in [5.74, 6) is 0.164. The predicted molar refractivity (Wildman–Crippen MR) is 81.1 cm³/mol. The zero-order chi connectivity index (χ0) is 15.5. The minimum absolute atomic E-state index is 0.118. The van der Waals surface area contributed by atoms with E-state index in [1.54, 1.807) is 31.2 Å². The summed E-state index contributed by atoms with van der Waals surface area (Å²) in [5.41, 5.74) is 1.63. The minimum atomic E-state index is -0.957. The molecule has 1 aromatic carbocycles. The molecule has 2 N–H and O–H groups in total. The van der Waals surface area contributed by atoms with Gasteiger partial charge in [-0.2, -0.15) is 4.98 Å². The number of aromatic nitrogens is 2. The fourth-order valence-electron chi connectivity index (χ4n) is 2.46. The Morgan fingerprint density at radius 2 is 2.23 bits per heavy atom. The van der Waals surface area contributed by atoms with Crippen molar-refractivity contribution in [1.29, 1.82) is 0 Å². The first-order valence-corrected chi connectivity index (χ1v) is 7.18. The van der Waals surface area contributed by atoms with Gasteiger partial charge in [0.25, 0.3) is 0 Å². The van der Waals surface area contributed by atoms with E-state index in [1.165, 1.54) is 0 Å². The molecule has 22 heavy (non-hydrogen) atoms. The van der Waals surface area contributed by atoms with E-state index in [1.807, 2.05) is 6.07 Å². The molecule has 6 heteroatoms. The van der Waals surface area contributed by atoms with E-state index in [4.69, 9.17) is 9.84 Å². The van der Waals surface area contributed by atoms with Crippen molar-refractivity contribution in [3.05, 3.63) is 41.7 Å². The first kappa shape index (κ1) is 14.5. The van der Waals surface area contributed by atoms with E-state index in [0.717, 1.165) is 25.1 Å². The van der Waals surface area contributed by atoms with Crippen molar-refractivity contribution < 1.29 is 14.6 Å². The van der Waals surface area contributed by atoms with Gasteiger partial charge in [-0.3, -0.25) is 0 Å². The number of hydrogen-bond donors (Lipinski definition) is 2. The Morgan fingerprint density at radius 1 is 1.36 bits per heavy atom. The second kappa shape index (κ2) is 6.11. The number of carboxylic acids is 1. The van der Waals surface area contributed by atoms with Gasteiger partial charge in [0.05, 0.1) is 11.3 Å². The van der Waals surface area contributed by atoms with Crippen LogP contribution in [-0.2, 0) is 0 Å². The molecule has 1 unspecified atom stereocenters.